The zero-order chi connectivity index (χ0) is 13.3. The van der Waals surface area contributed by atoms with Crippen molar-refractivity contribution in [3.05, 3.63) is 23.7 Å². The molecule has 3 rings (SSSR count). The highest BCUT2D eigenvalue weighted by Crippen LogP contribution is 2.47. The second-order valence-corrected chi connectivity index (χ2v) is 7.10. The minimum Gasteiger partial charge on any atom is -0.464 e. The smallest absolute Gasteiger partial charge is 0.117 e. The van der Waals surface area contributed by atoms with Crippen LogP contribution in [0.25, 0.3) is 0 Å². The molecule has 2 aliphatic carbocycles. The van der Waals surface area contributed by atoms with E-state index in [0.717, 1.165) is 24.8 Å². The normalized spacial score (nSPS) is 29.4. The first-order valence-electron chi connectivity index (χ1n) is 7.96. The Morgan fingerprint density at radius 3 is 2.68 bits per heavy atom. The lowest BCUT2D eigenvalue weighted by molar-refractivity contribution is 0.205. The molecular formula is C17H27NO. The molecule has 1 N–H and O–H groups in total. The molecule has 106 valence electrons. The Morgan fingerprint density at radius 2 is 2.00 bits per heavy atom. The van der Waals surface area contributed by atoms with Gasteiger partial charge in [-0.05, 0) is 42.7 Å². The first-order chi connectivity index (χ1) is 9.16. The highest BCUT2D eigenvalue weighted by molar-refractivity contribution is 5.17. The van der Waals surface area contributed by atoms with Gasteiger partial charge in [-0.1, -0.05) is 33.1 Å². The van der Waals surface area contributed by atoms with E-state index < -0.39 is 0 Å². The van der Waals surface area contributed by atoms with E-state index >= 15 is 0 Å². The van der Waals surface area contributed by atoms with Gasteiger partial charge in [0.25, 0.3) is 0 Å². The third kappa shape index (κ3) is 3.22. The molecular weight excluding hydrogens is 234 g/mol. The van der Waals surface area contributed by atoms with Gasteiger partial charge in [-0.3, -0.25) is 0 Å². The zero-order valence-electron chi connectivity index (χ0n) is 12.4. The van der Waals surface area contributed by atoms with Crippen LogP contribution in [-0.4, -0.2) is 6.54 Å². The lowest BCUT2D eigenvalue weighted by Gasteiger charge is -2.33. The van der Waals surface area contributed by atoms with Crippen molar-refractivity contribution in [3.63, 3.8) is 0 Å². The summed E-state index contributed by atoms with van der Waals surface area (Å²) in [7, 11) is 0. The topological polar surface area (TPSA) is 25.2 Å². The molecule has 0 aliphatic heterocycles. The summed E-state index contributed by atoms with van der Waals surface area (Å²) in [6.45, 7) is 6.74. The third-order valence-electron chi connectivity index (χ3n) is 5.07. The summed E-state index contributed by atoms with van der Waals surface area (Å²) in [5.41, 5.74) is 0.513. The Morgan fingerprint density at radius 1 is 1.26 bits per heavy atom. The van der Waals surface area contributed by atoms with Gasteiger partial charge >= 0.3 is 0 Å². The monoisotopic (exact) mass is 261 g/mol. The van der Waals surface area contributed by atoms with E-state index in [1.54, 1.807) is 0 Å². The maximum Gasteiger partial charge on any atom is 0.117 e. The molecule has 2 nitrogen and oxygen atoms in total. The van der Waals surface area contributed by atoms with Crippen molar-refractivity contribution in [2.24, 2.45) is 11.3 Å². The molecule has 1 aromatic rings. The number of hydrogen-bond donors (Lipinski definition) is 1. The second-order valence-electron chi connectivity index (χ2n) is 7.10. The van der Waals surface area contributed by atoms with Crippen LogP contribution in [0.5, 0.6) is 0 Å². The SMILES string of the molecule is CC1CC1c1ccc(CNCC2(C)CCCCC2)o1. The number of hydrogen-bond acceptors (Lipinski definition) is 2. The Balaban J connectivity index is 1.45. The van der Waals surface area contributed by atoms with Crippen LogP contribution in [0.1, 0.15) is 69.8 Å². The highest BCUT2D eigenvalue weighted by atomic mass is 16.3. The van der Waals surface area contributed by atoms with E-state index in [2.05, 4.69) is 31.3 Å². The standard InChI is InChI=1S/C17H27NO/c1-13-10-15(13)16-7-6-14(19-16)11-18-12-17(2)8-4-3-5-9-17/h6-7,13,15,18H,3-5,8-12H2,1-2H3. The molecule has 0 aromatic carbocycles. The quantitative estimate of drug-likeness (QED) is 0.846. The van der Waals surface area contributed by atoms with Crippen LogP contribution in [0.2, 0.25) is 0 Å². The molecule has 19 heavy (non-hydrogen) atoms. The van der Waals surface area contributed by atoms with Gasteiger partial charge in [0.05, 0.1) is 6.54 Å². The maximum atomic E-state index is 5.94. The minimum atomic E-state index is 0.513. The van der Waals surface area contributed by atoms with Gasteiger partial charge in [-0.15, -0.1) is 0 Å². The van der Waals surface area contributed by atoms with Crippen LogP contribution >= 0.6 is 0 Å². The summed E-state index contributed by atoms with van der Waals surface area (Å²) < 4.78 is 5.94. The Kier molecular flexibility index (Phi) is 3.70. The number of furan rings is 1. The Bertz CT molecular complexity index is 417. The van der Waals surface area contributed by atoms with Crippen molar-refractivity contribution < 1.29 is 4.42 Å². The molecule has 1 heterocycles. The van der Waals surface area contributed by atoms with Crippen molar-refractivity contribution in [2.45, 2.75) is 64.8 Å². The number of nitrogens with one attached hydrogen (secondary N) is 1. The number of rotatable bonds is 5. The predicted octanol–water partition coefficient (Wildman–Crippen LogP) is 4.46. The third-order valence-corrected chi connectivity index (χ3v) is 5.07. The summed E-state index contributed by atoms with van der Waals surface area (Å²) in [5.74, 6) is 3.83. The molecule has 0 bridgehead atoms. The van der Waals surface area contributed by atoms with Gasteiger partial charge in [-0.25, -0.2) is 0 Å². The molecule has 2 aliphatic rings. The van der Waals surface area contributed by atoms with Crippen molar-refractivity contribution in [3.8, 4) is 0 Å². The van der Waals surface area contributed by atoms with Crippen LogP contribution in [0.3, 0.4) is 0 Å². The molecule has 2 unspecified atom stereocenters. The minimum absolute atomic E-state index is 0.513. The van der Waals surface area contributed by atoms with E-state index in [9.17, 15) is 0 Å². The maximum absolute atomic E-state index is 5.94. The fraction of sp³-hybridized carbons (Fsp3) is 0.765. The summed E-state index contributed by atoms with van der Waals surface area (Å²) >= 11 is 0. The molecule has 0 amide bonds. The van der Waals surface area contributed by atoms with E-state index in [0.29, 0.717) is 11.3 Å². The molecule has 0 radical (unpaired) electrons. The van der Waals surface area contributed by atoms with Crippen LogP contribution < -0.4 is 5.32 Å². The van der Waals surface area contributed by atoms with Crippen molar-refractivity contribution >= 4 is 0 Å². The Labute approximate surface area is 117 Å². The lowest BCUT2D eigenvalue weighted by atomic mass is 9.76. The van der Waals surface area contributed by atoms with Crippen molar-refractivity contribution in [1.82, 2.24) is 5.32 Å². The fourth-order valence-electron chi connectivity index (χ4n) is 3.48. The van der Waals surface area contributed by atoms with E-state index in [-0.39, 0.29) is 0 Å². The van der Waals surface area contributed by atoms with Crippen LogP contribution in [0, 0.1) is 11.3 Å². The molecule has 1 aromatic heterocycles. The largest absolute Gasteiger partial charge is 0.464 e. The van der Waals surface area contributed by atoms with Crippen LogP contribution in [0.15, 0.2) is 16.5 Å². The summed E-state index contributed by atoms with van der Waals surface area (Å²) in [4.78, 5) is 0. The molecule has 0 spiro atoms. The average Bonchev–Trinajstić information content (AvgIpc) is 2.94. The molecule has 2 saturated carbocycles. The van der Waals surface area contributed by atoms with Gasteiger partial charge < -0.3 is 9.73 Å². The summed E-state index contributed by atoms with van der Waals surface area (Å²) in [6.07, 6.45) is 8.30. The van der Waals surface area contributed by atoms with Crippen molar-refractivity contribution in [2.75, 3.05) is 6.54 Å². The van der Waals surface area contributed by atoms with E-state index in [1.165, 1.54) is 44.3 Å². The van der Waals surface area contributed by atoms with Crippen LogP contribution in [0.4, 0.5) is 0 Å². The first-order valence-corrected chi connectivity index (χ1v) is 7.96. The average molecular weight is 261 g/mol. The summed E-state index contributed by atoms with van der Waals surface area (Å²) in [5, 5.41) is 3.60. The van der Waals surface area contributed by atoms with Gasteiger partial charge in [0, 0.05) is 12.5 Å². The van der Waals surface area contributed by atoms with Gasteiger partial charge in [-0.2, -0.15) is 0 Å². The summed E-state index contributed by atoms with van der Waals surface area (Å²) in [6, 6.07) is 4.32. The van der Waals surface area contributed by atoms with Crippen molar-refractivity contribution in [1.29, 1.82) is 0 Å². The van der Waals surface area contributed by atoms with Crippen LogP contribution in [-0.2, 0) is 6.54 Å². The lowest BCUT2D eigenvalue weighted by Crippen LogP contribution is -2.33. The molecule has 2 fully saturated rings. The fourth-order valence-corrected chi connectivity index (χ4v) is 3.48. The Hall–Kier alpha value is -0.760. The predicted molar refractivity (Wildman–Crippen MR) is 78.1 cm³/mol. The van der Waals surface area contributed by atoms with Gasteiger partial charge in [0.15, 0.2) is 0 Å². The zero-order valence-corrected chi connectivity index (χ0v) is 12.4. The van der Waals surface area contributed by atoms with Gasteiger partial charge in [0.2, 0.25) is 0 Å². The molecule has 0 saturated heterocycles. The van der Waals surface area contributed by atoms with E-state index in [1.807, 2.05) is 0 Å². The van der Waals surface area contributed by atoms with Gasteiger partial charge in [0.1, 0.15) is 11.5 Å². The molecule has 2 heteroatoms. The first kappa shape index (κ1) is 13.2. The highest BCUT2D eigenvalue weighted by Gasteiger charge is 2.36. The second kappa shape index (κ2) is 5.32. The van der Waals surface area contributed by atoms with E-state index in [4.69, 9.17) is 4.42 Å². The molecule has 2 atom stereocenters.